The molecule has 0 saturated carbocycles. The lowest BCUT2D eigenvalue weighted by Crippen LogP contribution is -1.25. The van der Waals surface area contributed by atoms with Gasteiger partial charge in [0.15, 0.2) is 0 Å². The summed E-state index contributed by atoms with van der Waals surface area (Å²) in [4.78, 5) is 16.2. The van der Waals surface area contributed by atoms with E-state index in [1.165, 1.54) is 0 Å². The Kier molecular flexibility index (Phi) is 1280. The van der Waals surface area contributed by atoms with Gasteiger partial charge < -0.3 is 5.11 Å². The van der Waals surface area contributed by atoms with Crippen LogP contribution in [0.3, 0.4) is 0 Å². The average molecular weight is 88.1 g/mol. The van der Waals surface area contributed by atoms with Gasteiger partial charge in [-0.3, -0.25) is 0 Å². The van der Waals surface area contributed by atoms with E-state index in [9.17, 15) is 0 Å². The number of aliphatic hydroxyl groups excluding tert-OH is 1. The number of carbonyl (C=O) groups excluding carboxylic acids is 2. The molecule has 0 amide bonds. The van der Waals surface area contributed by atoms with E-state index in [2.05, 4.69) is 0 Å². The summed E-state index contributed by atoms with van der Waals surface area (Å²) in [5.41, 5.74) is 0. The van der Waals surface area contributed by atoms with Crippen LogP contribution in [-0.2, 0) is 9.59 Å². The van der Waals surface area contributed by atoms with E-state index < -0.39 is 0 Å². The lowest BCUT2D eigenvalue weighted by molar-refractivity contribution is -0.191. The Morgan fingerprint density at radius 2 is 1.33 bits per heavy atom. The summed E-state index contributed by atoms with van der Waals surface area (Å²) in [6, 6.07) is 0. The van der Waals surface area contributed by atoms with Gasteiger partial charge in [-0.15, -0.1) is 0 Å². The first kappa shape index (κ1) is 18.4. The molecule has 1 N–H and O–H groups in total. The third-order valence-corrected chi connectivity index (χ3v) is 0. The highest BCUT2D eigenvalue weighted by atomic mass is 16.2. The Labute approximate surface area is 36.6 Å². The maximum absolute atomic E-state index is 8.12. The van der Waals surface area contributed by atoms with E-state index in [4.69, 9.17) is 14.7 Å². The largest absolute Gasteiger partial charge is 0.400 e. The third-order valence-electron chi connectivity index (χ3n) is 0. The van der Waals surface area contributed by atoms with E-state index in [0.717, 1.165) is 7.11 Å². The Morgan fingerprint density at radius 1 is 1.33 bits per heavy atom. The summed E-state index contributed by atoms with van der Waals surface area (Å²) in [6.07, 6.45) is 0.250. The predicted octanol–water partition coefficient (Wildman–Crippen LogP) is -0.894. The van der Waals surface area contributed by atoms with Gasteiger partial charge >= 0.3 is 6.15 Å². The molecule has 0 rings (SSSR count). The second kappa shape index (κ2) is 419. The van der Waals surface area contributed by atoms with Gasteiger partial charge in [0.05, 0.1) is 0 Å². The molecule has 0 aliphatic heterocycles. The molecule has 0 heterocycles. The molecular weight excluding hydrogens is 84.0 g/mol. The van der Waals surface area contributed by atoms with Crippen molar-refractivity contribution >= 4 is 6.15 Å². The fraction of sp³-hybridized carbons (Fsp3) is 0.333. The Balaban J connectivity index is -0.0000000275. The lowest BCUT2D eigenvalue weighted by Gasteiger charge is -1.21. The lowest BCUT2D eigenvalue weighted by atomic mass is 11.8. The average Bonchev–Trinajstić information content (AvgIpc) is 1.46. The fourth-order valence-electron chi connectivity index (χ4n) is 0. The van der Waals surface area contributed by atoms with E-state index in [1.54, 1.807) is 0 Å². The SMILES string of the molecule is CO.O=C=O.[C]. The molecule has 0 aromatic heterocycles. The number of hydrogen-bond donors (Lipinski definition) is 1. The molecule has 0 aromatic carbocycles. The normalized spacial score (nSPS) is 2.33. The minimum absolute atomic E-state index is 0. The van der Waals surface area contributed by atoms with E-state index in [-0.39, 0.29) is 13.6 Å². The summed E-state index contributed by atoms with van der Waals surface area (Å²) in [6.45, 7) is 0. The van der Waals surface area contributed by atoms with E-state index in [0.29, 0.717) is 0 Å². The summed E-state index contributed by atoms with van der Waals surface area (Å²) in [5, 5.41) is 7.00. The number of aliphatic hydroxyl groups is 1. The highest BCUT2D eigenvalue weighted by molar-refractivity contribution is 5.20. The van der Waals surface area contributed by atoms with Gasteiger partial charge in [-0.1, -0.05) is 0 Å². The minimum atomic E-state index is 0. The number of hydrogen-bond acceptors (Lipinski definition) is 3. The molecule has 0 fully saturated rings. The quantitative estimate of drug-likeness (QED) is 0.417. The van der Waals surface area contributed by atoms with Crippen LogP contribution in [0.15, 0.2) is 0 Å². The standard InChI is InChI=1S/CO2.CH4O.C/c2-1-3;1-2;/h;2H,1H3;. The molecule has 0 aliphatic carbocycles. The van der Waals surface area contributed by atoms with Gasteiger partial charge in [-0.2, -0.15) is 9.59 Å². The molecule has 6 heavy (non-hydrogen) atoms. The van der Waals surface area contributed by atoms with Crippen LogP contribution in [-0.4, -0.2) is 18.4 Å². The van der Waals surface area contributed by atoms with Crippen molar-refractivity contribution < 1.29 is 14.7 Å². The van der Waals surface area contributed by atoms with Gasteiger partial charge in [-0.25, -0.2) is 0 Å². The minimum Gasteiger partial charge on any atom is -0.400 e. The van der Waals surface area contributed by atoms with Crippen molar-refractivity contribution in [2.24, 2.45) is 0 Å². The van der Waals surface area contributed by atoms with Gasteiger partial charge in [-0.05, 0) is 0 Å². The molecule has 0 atom stereocenters. The molecule has 0 unspecified atom stereocenters. The molecule has 0 aromatic rings. The first-order valence-corrected chi connectivity index (χ1v) is 0.855. The first-order valence-electron chi connectivity index (χ1n) is 0.855. The Bertz CT molecular complexity index is 27.0. The molecule has 3 nitrogen and oxygen atoms in total. The molecular formula is C3H4O3. The van der Waals surface area contributed by atoms with Crippen LogP contribution in [0, 0.1) is 7.43 Å². The van der Waals surface area contributed by atoms with Gasteiger partial charge in [0.25, 0.3) is 0 Å². The molecule has 3 heteroatoms. The summed E-state index contributed by atoms with van der Waals surface area (Å²) in [5.74, 6) is 0. The topological polar surface area (TPSA) is 54.4 Å². The highest BCUT2D eigenvalue weighted by Crippen LogP contribution is 0.787. The van der Waals surface area contributed by atoms with Crippen molar-refractivity contribution in [2.45, 2.75) is 0 Å². The highest BCUT2D eigenvalue weighted by Gasteiger charge is 1.13. The van der Waals surface area contributed by atoms with Crippen molar-refractivity contribution in [1.82, 2.24) is 0 Å². The maximum Gasteiger partial charge on any atom is 0.373 e. The van der Waals surface area contributed by atoms with Crippen LogP contribution in [0.2, 0.25) is 0 Å². The monoisotopic (exact) mass is 88.0 g/mol. The van der Waals surface area contributed by atoms with Crippen molar-refractivity contribution in [2.75, 3.05) is 7.11 Å². The second-order valence-electron chi connectivity index (χ2n) is 0.0833. The van der Waals surface area contributed by atoms with Crippen LogP contribution in [0.25, 0.3) is 0 Å². The predicted molar refractivity (Wildman–Crippen MR) is 16.4 cm³/mol. The van der Waals surface area contributed by atoms with Crippen molar-refractivity contribution in [3.8, 4) is 0 Å². The molecule has 0 aliphatic rings. The Hall–Kier alpha value is -0.660. The summed E-state index contributed by atoms with van der Waals surface area (Å²) >= 11 is 0. The summed E-state index contributed by atoms with van der Waals surface area (Å²) < 4.78 is 0. The molecule has 0 saturated heterocycles. The van der Waals surface area contributed by atoms with Crippen LogP contribution >= 0.6 is 0 Å². The van der Waals surface area contributed by atoms with Gasteiger partial charge in [0, 0.05) is 14.5 Å². The van der Waals surface area contributed by atoms with Gasteiger partial charge in [0.1, 0.15) is 0 Å². The molecule has 0 spiro atoms. The second-order valence-corrected chi connectivity index (χ2v) is 0.0833. The fourth-order valence-corrected chi connectivity index (χ4v) is 0. The maximum atomic E-state index is 8.12. The van der Waals surface area contributed by atoms with Crippen molar-refractivity contribution in [3.63, 3.8) is 0 Å². The van der Waals surface area contributed by atoms with Crippen LogP contribution in [0.5, 0.6) is 0 Å². The van der Waals surface area contributed by atoms with Crippen LogP contribution in [0.4, 0.5) is 0 Å². The Morgan fingerprint density at radius 3 is 1.33 bits per heavy atom. The zero-order valence-electron chi connectivity index (χ0n) is 3.26. The van der Waals surface area contributed by atoms with Crippen LogP contribution in [0.1, 0.15) is 0 Å². The first-order chi connectivity index (χ1) is 2.41. The zero-order chi connectivity index (χ0) is 4.71. The van der Waals surface area contributed by atoms with Crippen molar-refractivity contribution in [1.29, 1.82) is 0 Å². The third kappa shape index (κ3) is 42.0. The molecule has 0 bridgehead atoms. The smallest absolute Gasteiger partial charge is 0.373 e. The van der Waals surface area contributed by atoms with E-state index >= 15 is 0 Å². The van der Waals surface area contributed by atoms with Gasteiger partial charge in [0.2, 0.25) is 0 Å². The van der Waals surface area contributed by atoms with Crippen LogP contribution < -0.4 is 0 Å². The molecule has 4 radical (unpaired) electrons. The summed E-state index contributed by atoms with van der Waals surface area (Å²) in [7, 11) is 1.00. The van der Waals surface area contributed by atoms with E-state index in [1.807, 2.05) is 0 Å². The molecule has 34 valence electrons. The van der Waals surface area contributed by atoms with Crippen molar-refractivity contribution in [3.05, 3.63) is 7.43 Å². The number of rotatable bonds is 0. The zero-order valence-corrected chi connectivity index (χ0v) is 3.26.